The Labute approximate surface area is 139 Å². The molecule has 7 heteroatoms. The molecule has 0 radical (unpaired) electrons. The van der Waals surface area contributed by atoms with E-state index in [0.29, 0.717) is 34.9 Å². The van der Waals surface area contributed by atoms with Crippen LogP contribution in [0.3, 0.4) is 0 Å². The lowest BCUT2D eigenvalue weighted by Gasteiger charge is -2.12. The van der Waals surface area contributed by atoms with Gasteiger partial charge in [-0.25, -0.2) is 4.98 Å². The molecule has 0 amide bonds. The molecule has 0 bridgehead atoms. The van der Waals surface area contributed by atoms with Gasteiger partial charge in [-0.05, 0) is 12.1 Å². The maximum atomic E-state index is 11.2. The highest BCUT2D eigenvalue weighted by molar-refractivity contribution is 5.83. The summed E-state index contributed by atoms with van der Waals surface area (Å²) in [6, 6.07) is 5.15. The van der Waals surface area contributed by atoms with Crippen LogP contribution in [0.5, 0.6) is 11.6 Å². The lowest BCUT2D eigenvalue weighted by molar-refractivity contribution is 0.111. The topological polar surface area (TPSA) is 99.7 Å². The molecule has 7 nitrogen and oxygen atoms in total. The second-order valence-corrected chi connectivity index (χ2v) is 4.71. The second-order valence-electron chi connectivity index (χ2n) is 4.71. The van der Waals surface area contributed by atoms with Crippen LogP contribution in [0, 0.1) is 0 Å². The molecule has 0 aliphatic carbocycles. The Hall–Kier alpha value is -3.22. The van der Waals surface area contributed by atoms with Crippen molar-refractivity contribution in [2.24, 2.45) is 10.7 Å². The predicted molar refractivity (Wildman–Crippen MR) is 91.3 cm³/mol. The van der Waals surface area contributed by atoms with E-state index in [9.17, 15) is 4.79 Å². The second kappa shape index (κ2) is 8.42. The summed E-state index contributed by atoms with van der Waals surface area (Å²) in [6.07, 6.45) is 7.04. The van der Waals surface area contributed by atoms with E-state index in [0.717, 1.165) is 5.56 Å². The Balaban J connectivity index is 2.23. The molecule has 0 spiro atoms. The van der Waals surface area contributed by atoms with Gasteiger partial charge in [0.25, 0.3) is 0 Å². The van der Waals surface area contributed by atoms with Crippen molar-refractivity contribution in [2.45, 2.75) is 6.61 Å². The van der Waals surface area contributed by atoms with Gasteiger partial charge in [0, 0.05) is 31.1 Å². The molecule has 0 unspecified atom stereocenters. The molecule has 2 aromatic rings. The van der Waals surface area contributed by atoms with E-state index in [2.05, 4.69) is 15.0 Å². The van der Waals surface area contributed by atoms with Crippen molar-refractivity contribution in [1.82, 2.24) is 9.97 Å². The first-order valence-corrected chi connectivity index (χ1v) is 7.13. The number of nitrogens with zero attached hydrogens (tertiary/aromatic N) is 3. The van der Waals surface area contributed by atoms with E-state index in [4.69, 9.17) is 15.2 Å². The molecule has 0 saturated carbocycles. The number of rotatable bonds is 7. The van der Waals surface area contributed by atoms with E-state index in [1.807, 2.05) is 6.07 Å². The van der Waals surface area contributed by atoms with Gasteiger partial charge in [0.05, 0.1) is 30.3 Å². The molecular weight excluding hydrogens is 308 g/mol. The lowest BCUT2D eigenvalue weighted by Crippen LogP contribution is -2.07. The molecule has 2 rings (SSSR count). The average Bonchev–Trinajstić information content (AvgIpc) is 2.64. The number of hydrogen-bond acceptors (Lipinski definition) is 7. The summed E-state index contributed by atoms with van der Waals surface area (Å²) in [5.74, 6) is 0.704. The van der Waals surface area contributed by atoms with Crippen LogP contribution in [0.2, 0.25) is 0 Å². The normalized spacial score (nSPS) is 11.5. The van der Waals surface area contributed by atoms with Gasteiger partial charge in [-0.15, -0.1) is 0 Å². The van der Waals surface area contributed by atoms with Gasteiger partial charge in [0.1, 0.15) is 12.4 Å². The largest absolute Gasteiger partial charge is 0.486 e. The summed E-state index contributed by atoms with van der Waals surface area (Å²) in [5, 5.41) is 0. The zero-order valence-electron chi connectivity index (χ0n) is 13.5. The number of aliphatic imine (C=N–C) groups is 1. The van der Waals surface area contributed by atoms with Crippen LogP contribution >= 0.6 is 0 Å². The molecule has 0 aliphatic rings. The van der Waals surface area contributed by atoms with E-state index in [1.165, 1.54) is 19.4 Å². The standard InChI is InChI=1S/C17H18N4O3/c1-19-7-5-14(18)17-12(4-3-6-20-17)11-24-15-9-21-16(23-2)8-13(15)10-22/h3-10H,11,18H2,1-2H3/b14-5-,19-7?. The number of hydrogen-bond donors (Lipinski definition) is 1. The smallest absolute Gasteiger partial charge is 0.213 e. The van der Waals surface area contributed by atoms with Gasteiger partial charge in [-0.2, -0.15) is 0 Å². The fourth-order valence-electron chi connectivity index (χ4n) is 1.97. The number of carbonyl (C=O) groups is 1. The number of pyridine rings is 2. The van der Waals surface area contributed by atoms with Gasteiger partial charge in [0.2, 0.25) is 5.88 Å². The van der Waals surface area contributed by atoms with Gasteiger partial charge in [-0.3, -0.25) is 14.8 Å². The number of aromatic nitrogens is 2. The van der Waals surface area contributed by atoms with Crippen LogP contribution in [0.4, 0.5) is 0 Å². The minimum atomic E-state index is 0.190. The van der Waals surface area contributed by atoms with Gasteiger partial charge < -0.3 is 15.2 Å². The third-order valence-electron chi connectivity index (χ3n) is 3.16. The molecule has 0 aromatic carbocycles. The van der Waals surface area contributed by atoms with Crippen molar-refractivity contribution < 1.29 is 14.3 Å². The van der Waals surface area contributed by atoms with Crippen LogP contribution in [0.15, 0.2) is 41.7 Å². The number of carbonyl (C=O) groups excluding carboxylic acids is 1. The first-order valence-electron chi connectivity index (χ1n) is 7.13. The molecule has 2 aromatic heterocycles. The highest BCUT2D eigenvalue weighted by Gasteiger charge is 2.10. The minimum Gasteiger partial charge on any atom is -0.486 e. The summed E-state index contributed by atoms with van der Waals surface area (Å²) in [7, 11) is 3.14. The fourth-order valence-corrected chi connectivity index (χ4v) is 1.97. The molecule has 0 saturated heterocycles. The van der Waals surface area contributed by atoms with E-state index in [1.54, 1.807) is 31.6 Å². The van der Waals surface area contributed by atoms with Gasteiger partial charge in [0.15, 0.2) is 6.29 Å². The van der Waals surface area contributed by atoms with Crippen LogP contribution < -0.4 is 15.2 Å². The highest BCUT2D eigenvalue weighted by Crippen LogP contribution is 2.22. The van der Waals surface area contributed by atoms with Gasteiger partial charge >= 0.3 is 0 Å². The lowest BCUT2D eigenvalue weighted by atomic mass is 10.1. The zero-order chi connectivity index (χ0) is 17.4. The SMILES string of the molecule is CN=C/C=C(\N)c1ncccc1COc1cnc(OC)cc1C=O. The number of nitrogens with two attached hydrogens (primary N) is 1. The Bertz CT molecular complexity index is 772. The molecule has 0 fully saturated rings. The molecular formula is C17H18N4O3. The number of methoxy groups -OCH3 is 1. The first kappa shape index (κ1) is 17.1. The van der Waals surface area contributed by atoms with Crippen molar-refractivity contribution >= 4 is 18.2 Å². The minimum absolute atomic E-state index is 0.190. The summed E-state index contributed by atoms with van der Waals surface area (Å²) >= 11 is 0. The monoisotopic (exact) mass is 326 g/mol. The Morgan fingerprint density at radius 2 is 2.25 bits per heavy atom. The number of aldehydes is 1. The Morgan fingerprint density at radius 3 is 2.96 bits per heavy atom. The van der Waals surface area contributed by atoms with Crippen LogP contribution in [0.25, 0.3) is 5.70 Å². The predicted octanol–water partition coefficient (Wildman–Crippen LogP) is 1.88. The highest BCUT2D eigenvalue weighted by atomic mass is 16.5. The first-order chi connectivity index (χ1) is 11.7. The number of allylic oxidation sites excluding steroid dienone is 1. The molecule has 2 heterocycles. The Kier molecular flexibility index (Phi) is 6.01. The number of ether oxygens (including phenoxy) is 2. The summed E-state index contributed by atoms with van der Waals surface area (Å²) in [5.41, 5.74) is 8.23. The summed E-state index contributed by atoms with van der Waals surface area (Å²) in [6.45, 7) is 0.190. The maximum Gasteiger partial charge on any atom is 0.213 e. The molecule has 124 valence electrons. The maximum absolute atomic E-state index is 11.2. The van der Waals surface area contributed by atoms with Crippen LogP contribution in [0.1, 0.15) is 21.6 Å². The fraction of sp³-hybridized carbons (Fsp3) is 0.176. The van der Waals surface area contributed by atoms with E-state index in [-0.39, 0.29) is 6.61 Å². The van der Waals surface area contributed by atoms with Crippen LogP contribution in [-0.4, -0.2) is 36.6 Å². The Morgan fingerprint density at radius 1 is 1.42 bits per heavy atom. The van der Waals surface area contributed by atoms with Gasteiger partial charge in [-0.1, -0.05) is 6.07 Å². The molecule has 0 aliphatic heterocycles. The quantitative estimate of drug-likeness (QED) is 0.616. The molecule has 0 atom stereocenters. The van der Waals surface area contributed by atoms with Crippen molar-refractivity contribution in [3.05, 3.63) is 53.5 Å². The van der Waals surface area contributed by atoms with Crippen molar-refractivity contribution in [1.29, 1.82) is 0 Å². The van der Waals surface area contributed by atoms with Crippen molar-refractivity contribution in [3.63, 3.8) is 0 Å². The summed E-state index contributed by atoms with van der Waals surface area (Å²) in [4.78, 5) is 23.4. The zero-order valence-corrected chi connectivity index (χ0v) is 13.5. The average molecular weight is 326 g/mol. The molecule has 24 heavy (non-hydrogen) atoms. The van der Waals surface area contributed by atoms with Crippen molar-refractivity contribution in [3.8, 4) is 11.6 Å². The third kappa shape index (κ3) is 4.16. The summed E-state index contributed by atoms with van der Waals surface area (Å²) < 4.78 is 10.7. The molecule has 2 N–H and O–H groups in total. The van der Waals surface area contributed by atoms with Crippen LogP contribution in [-0.2, 0) is 6.61 Å². The van der Waals surface area contributed by atoms with E-state index < -0.39 is 0 Å². The van der Waals surface area contributed by atoms with Crippen molar-refractivity contribution in [2.75, 3.05) is 14.2 Å². The third-order valence-corrected chi connectivity index (χ3v) is 3.16. The van der Waals surface area contributed by atoms with E-state index >= 15 is 0 Å².